The van der Waals surface area contributed by atoms with Gasteiger partial charge in [-0.1, -0.05) is 35.5 Å². The summed E-state index contributed by atoms with van der Waals surface area (Å²) in [5, 5.41) is 10.1. The topological polar surface area (TPSA) is 75.9 Å². The largest absolute Gasteiger partial charge is 0.360 e. The van der Waals surface area contributed by atoms with Crippen LogP contribution < -0.4 is 10.6 Å². The minimum absolute atomic E-state index is 0.559. The van der Waals surface area contributed by atoms with Gasteiger partial charge >= 0.3 is 0 Å². The first-order valence-corrected chi connectivity index (χ1v) is 6.61. The van der Waals surface area contributed by atoms with E-state index in [0.29, 0.717) is 24.1 Å². The minimum Gasteiger partial charge on any atom is -0.360 e. The van der Waals surface area contributed by atoms with Crippen LogP contribution in [-0.2, 0) is 6.54 Å². The van der Waals surface area contributed by atoms with E-state index in [4.69, 9.17) is 4.52 Å². The molecule has 0 aliphatic rings. The van der Waals surface area contributed by atoms with Crippen molar-refractivity contribution < 1.29 is 4.52 Å². The molecule has 2 aromatic heterocycles. The minimum atomic E-state index is 0.559. The molecule has 6 nitrogen and oxygen atoms in total. The van der Waals surface area contributed by atoms with Crippen LogP contribution in [0.15, 0.2) is 53.2 Å². The Morgan fingerprint density at radius 3 is 2.71 bits per heavy atom. The van der Waals surface area contributed by atoms with E-state index in [9.17, 15) is 0 Å². The third-order valence-electron chi connectivity index (χ3n) is 2.83. The lowest BCUT2D eigenvalue weighted by Crippen LogP contribution is -2.04. The molecule has 6 heteroatoms. The van der Waals surface area contributed by atoms with Crippen LogP contribution >= 0.6 is 0 Å². The Hall–Kier alpha value is -2.89. The summed E-state index contributed by atoms with van der Waals surface area (Å²) in [5.41, 5.74) is 1.17. The summed E-state index contributed by atoms with van der Waals surface area (Å²) < 4.78 is 5.00. The SMILES string of the molecule is Cc1cc(Nc2ccnc(NCc3ccccc3)n2)no1. The molecule has 0 spiro atoms. The normalized spacial score (nSPS) is 10.3. The van der Waals surface area contributed by atoms with E-state index in [1.807, 2.05) is 37.3 Å². The lowest BCUT2D eigenvalue weighted by molar-refractivity contribution is 0.400. The number of hydrogen-bond acceptors (Lipinski definition) is 6. The van der Waals surface area contributed by atoms with Crippen molar-refractivity contribution in [1.82, 2.24) is 15.1 Å². The number of hydrogen-bond donors (Lipinski definition) is 2. The monoisotopic (exact) mass is 281 g/mol. The second-order valence-electron chi connectivity index (χ2n) is 4.55. The third-order valence-corrected chi connectivity index (χ3v) is 2.83. The second kappa shape index (κ2) is 6.04. The van der Waals surface area contributed by atoms with E-state index in [2.05, 4.69) is 25.8 Å². The van der Waals surface area contributed by atoms with Gasteiger partial charge in [-0.05, 0) is 18.6 Å². The van der Waals surface area contributed by atoms with Crippen LogP contribution in [0, 0.1) is 6.92 Å². The van der Waals surface area contributed by atoms with Crippen molar-refractivity contribution in [3.05, 3.63) is 60.0 Å². The first-order valence-electron chi connectivity index (χ1n) is 6.61. The first kappa shape index (κ1) is 13.1. The van der Waals surface area contributed by atoms with Crippen LogP contribution in [0.3, 0.4) is 0 Å². The maximum absolute atomic E-state index is 5.00. The zero-order valence-electron chi connectivity index (χ0n) is 11.6. The Balaban J connectivity index is 1.65. The Morgan fingerprint density at radius 1 is 1.10 bits per heavy atom. The summed E-state index contributed by atoms with van der Waals surface area (Å²) >= 11 is 0. The van der Waals surface area contributed by atoms with Crippen LogP contribution in [0.25, 0.3) is 0 Å². The maximum atomic E-state index is 5.00. The summed E-state index contributed by atoms with van der Waals surface area (Å²) in [6.07, 6.45) is 1.69. The van der Waals surface area contributed by atoms with Gasteiger partial charge in [-0.25, -0.2) is 4.98 Å². The van der Waals surface area contributed by atoms with Crippen molar-refractivity contribution in [2.75, 3.05) is 10.6 Å². The molecule has 21 heavy (non-hydrogen) atoms. The third kappa shape index (κ3) is 3.56. The van der Waals surface area contributed by atoms with Crippen molar-refractivity contribution in [2.24, 2.45) is 0 Å². The highest BCUT2D eigenvalue weighted by molar-refractivity contribution is 5.52. The van der Waals surface area contributed by atoms with Gasteiger partial charge in [-0.2, -0.15) is 4.98 Å². The first-order chi connectivity index (χ1) is 10.3. The van der Waals surface area contributed by atoms with Gasteiger partial charge in [0.15, 0.2) is 5.82 Å². The second-order valence-corrected chi connectivity index (χ2v) is 4.55. The van der Waals surface area contributed by atoms with Crippen molar-refractivity contribution in [2.45, 2.75) is 13.5 Å². The molecule has 0 aliphatic heterocycles. The lowest BCUT2D eigenvalue weighted by atomic mass is 10.2. The van der Waals surface area contributed by atoms with E-state index < -0.39 is 0 Å². The average Bonchev–Trinajstić information content (AvgIpc) is 2.92. The predicted octanol–water partition coefficient (Wildman–Crippen LogP) is 3.13. The zero-order valence-corrected chi connectivity index (χ0v) is 11.6. The molecular weight excluding hydrogens is 266 g/mol. The fourth-order valence-electron chi connectivity index (χ4n) is 1.85. The average molecular weight is 281 g/mol. The van der Waals surface area contributed by atoms with Gasteiger partial charge in [0.25, 0.3) is 0 Å². The summed E-state index contributed by atoms with van der Waals surface area (Å²) in [4.78, 5) is 8.57. The molecule has 0 unspecified atom stereocenters. The summed E-state index contributed by atoms with van der Waals surface area (Å²) in [6, 6.07) is 13.7. The molecule has 0 radical (unpaired) electrons. The van der Waals surface area contributed by atoms with Crippen molar-refractivity contribution in [3.8, 4) is 0 Å². The molecule has 2 heterocycles. The molecule has 2 N–H and O–H groups in total. The van der Waals surface area contributed by atoms with Gasteiger partial charge in [0.1, 0.15) is 11.6 Å². The molecule has 3 rings (SSSR count). The highest BCUT2D eigenvalue weighted by atomic mass is 16.5. The van der Waals surface area contributed by atoms with E-state index in [-0.39, 0.29) is 0 Å². The molecule has 106 valence electrons. The number of aromatic nitrogens is 3. The van der Waals surface area contributed by atoms with Gasteiger partial charge in [-0.3, -0.25) is 0 Å². The molecule has 0 fully saturated rings. The standard InChI is InChI=1S/C15H15N5O/c1-11-9-14(20-21-11)18-13-7-8-16-15(19-13)17-10-12-5-3-2-4-6-12/h2-9H,10H2,1H3,(H2,16,17,18,19,20). The summed E-state index contributed by atoms with van der Waals surface area (Å²) in [7, 11) is 0. The Bertz CT molecular complexity index is 711. The Kier molecular flexibility index (Phi) is 3.77. The number of benzene rings is 1. The van der Waals surface area contributed by atoms with Crippen molar-refractivity contribution in [1.29, 1.82) is 0 Å². The number of nitrogens with zero attached hydrogens (tertiary/aromatic N) is 3. The fraction of sp³-hybridized carbons (Fsp3) is 0.133. The molecule has 0 saturated carbocycles. The Morgan fingerprint density at radius 2 is 1.95 bits per heavy atom. The van der Waals surface area contributed by atoms with Gasteiger partial charge in [-0.15, -0.1) is 0 Å². The van der Waals surface area contributed by atoms with E-state index in [0.717, 1.165) is 5.76 Å². The number of rotatable bonds is 5. The summed E-state index contributed by atoms with van der Waals surface area (Å²) in [5.74, 6) is 2.59. The van der Waals surface area contributed by atoms with Crippen LogP contribution in [0.1, 0.15) is 11.3 Å². The molecule has 0 bridgehead atoms. The molecule has 3 aromatic rings. The fourth-order valence-corrected chi connectivity index (χ4v) is 1.85. The van der Waals surface area contributed by atoms with Crippen LogP contribution in [0.2, 0.25) is 0 Å². The van der Waals surface area contributed by atoms with Crippen LogP contribution in [0.4, 0.5) is 17.6 Å². The van der Waals surface area contributed by atoms with Gasteiger partial charge in [0.05, 0.1) is 0 Å². The lowest BCUT2D eigenvalue weighted by Gasteiger charge is -2.06. The van der Waals surface area contributed by atoms with E-state index in [1.165, 1.54) is 5.56 Å². The quantitative estimate of drug-likeness (QED) is 0.748. The van der Waals surface area contributed by atoms with E-state index >= 15 is 0 Å². The molecule has 0 aliphatic carbocycles. The smallest absolute Gasteiger partial charge is 0.224 e. The highest BCUT2D eigenvalue weighted by Crippen LogP contribution is 2.15. The van der Waals surface area contributed by atoms with E-state index in [1.54, 1.807) is 18.3 Å². The van der Waals surface area contributed by atoms with Gasteiger partial charge < -0.3 is 15.2 Å². The molecule has 0 amide bonds. The zero-order chi connectivity index (χ0) is 14.5. The van der Waals surface area contributed by atoms with Crippen LogP contribution in [-0.4, -0.2) is 15.1 Å². The summed E-state index contributed by atoms with van der Waals surface area (Å²) in [6.45, 7) is 2.51. The molecular formula is C15H15N5O. The highest BCUT2D eigenvalue weighted by Gasteiger charge is 2.03. The molecule has 1 aromatic carbocycles. The number of aryl methyl sites for hydroxylation is 1. The molecule has 0 saturated heterocycles. The van der Waals surface area contributed by atoms with Gasteiger partial charge in [0, 0.05) is 18.8 Å². The number of nitrogens with one attached hydrogen (secondary N) is 2. The van der Waals surface area contributed by atoms with Gasteiger partial charge in [0.2, 0.25) is 5.95 Å². The van der Waals surface area contributed by atoms with Crippen molar-refractivity contribution in [3.63, 3.8) is 0 Å². The predicted molar refractivity (Wildman–Crippen MR) is 80.3 cm³/mol. The maximum Gasteiger partial charge on any atom is 0.224 e. The molecule has 0 atom stereocenters. The number of anilines is 3. The Labute approximate surface area is 122 Å². The van der Waals surface area contributed by atoms with Crippen LogP contribution in [0.5, 0.6) is 0 Å². The van der Waals surface area contributed by atoms with Crippen molar-refractivity contribution >= 4 is 17.6 Å².